The number of nitrogens with one attached hydrogen (secondary N) is 1. The van der Waals surface area contributed by atoms with Gasteiger partial charge in [-0.25, -0.2) is 14.9 Å². The first-order chi connectivity index (χ1) is 20.1. The van der Waals surface area contributed by atoms with Crippen molar-refractivity contribution in [3.05, 3.63) is 76.1 Å². The van der Waals surface area contributed by atoms with E-state index >= 15 is 4.39 Å². The zero-order valence-electron chi connectivity index (χ0n) is 24.9. The maximum atomic E-state index is 16.9. The van der Waals surface area contributed by atoms with Crippen molar-refractivity contribution in [3.63, 3.8) is 0 Å². The van der Waals surface area contributed by atoms with Crippen LogP contribution in [-0.2, 0) is 6.42 Å². The summed E-state index contributed by atoms with van der Waals surface area (Å²) >= 11 is 0. The SMILES string of the molecule is CCCN(CC1CCC1)N/N=C1/C(F)=C(c2cccc3ccc4c(c23)C4)C(C)=C/C1=C/CCC12CCCN1CCC2. The molecule has 5 aliphatic rings. The van der Waals surface area contributed by atoms with Gasteiger partial charge in [-0.05, 0) is 129 Å². The summed E-state index contributed by atoms with van der Waals surface area (Å²) in [4.78, 5) is 2.72. The Labute approximate surface area is 245 Å². The Morgan fingerprint density at radius 3 is 2.71 bits per heavy atom. The molecular weight excluding hydrogens is 507 g/mol. The first kappa shape index (κ1) is 27.1. The average molecular weight is 553 g/mol. The zero-order valence-corrected chi connectivity index (χ0v) is 24.9. The summed E-state index contributed by atoms with van der Waals surface area (Å²) in [5.74, 6) is 0.523. The van der Waals surface area contributed by atoms with E-state index in [9.17, 15) is 0 Å². The number of hydrogen-bond donors (Lipinski definition) is 1. The summed E-state index contributed by atoms with van der Waals surface area (Å²) in [6.45, 7) is 8.65. The summed E-state index contributed by atoms with van der Waals surface area (Å²) in [6, 6.07) is 10.7. The molecule has 2 heterocycles. The van der Waals surface area contributed by atoms with Gasteiger partial charge in [0.1, 0.15) is 5.71 Å². The van der Waals surface area contributed by atoms with Gasteiger partial charge < -0.3 is 0 Å². The molecule has 2 aromatic carbocycles. The third kappa shape index (κ3) is 5.10. The Kier molecular flexibility index (Phi) is 7.37. The van der Waals surface area contributed by atoms with Crippen molar-refractivity contribution in [2.24, 2.45) is 11.0 Å². The summed E-state index contributed by atoms with van der Waals surface area (Å²) in [6.07, 6.45) is 17.8. The van der Waals surface area contributed by atoms with Crippen LogP contribution in [0.3, 0.4) is 0 Å². The molecule has 0 bridgehead atoms. The van der Waals surface area contributed by atoms with Crippen LogP contribution in [0, 0.1) is 5.92 Å². The van der Waals surface area contributed by atoms with Crippen molar-refractivity contribution in [2.75, 3.05) is 26.2 Å². The standard InChI is InChI=1S/C36H45FN4/c1-3-19-41(24-26-9-4-10-26)39-38-35-29(12-6-16-36-17-7-20-40(36)21-8-18-36)22-25(2)32(34(35)37)30-13-5-11-27-14-15-28-23-31(28)33(27)30/h5,11-15,22,26,39H,3-4,6-10,16-21,23-24H2,1-2H3/b29-12-,38-35+. The van der Waals surface area contributed by atoms with E-state index in [1.807, 2.05) is 0 Å². The van der Waals surface area contributed by atoms with Gasteiger partial charge in [-0.1, -0.05) is 49.8 Å². The lowest BCUT2D eigenvalue weighted by molar-refractivity contribution is 0.126. The normalized spacial score (nSPS) is 23.9. The molecule has 7 rings (SSSR count). The van der Waals surface area contributed by atoms with E-state index in [4.69, 9.17) is 5.10 Å². The van der Waals surface area contributed by atoms with Crippen molar-refractivity contribution in [3.8, 4) is 0 Å². The van der Waals surface area contributed by atoms with Crippen molar-refractivity contribution < 1.29 is 4.39 Å². The fourth-order valence-electron chi connectivity index (χ4n) is 8.08. The van der Waals surface area contributed by atoms with E-state index in [1.54, 1.807) is 0 Å². The molecule has 5 heteroatoms. The van der Waals surface area contributed by atoms with Gasteiger partial charge in [0.2, 0.25) is 0 Å². The van der Waals surface area contributed by atoms with Crippen molar-refractivity contribution >= 4 is 22.1 Å². The highest BCUT2D eigenvalue weighted by atomic mass is 19.1. The lowest BCUT2D eigenvalue weighted by Crippen LogP contribution is -2.41. The lowest BCUT2D eigenvalue weighted by Gasteiger charge is -2.32. The van der Waals surface area contributed by atoms with Crippen LogP contribution in [0.4, 0.5) is 4.39 Å². The van der Waals surface area contributed by atoms with Crippen molar-refractivity contribution in [2.45, 2.75) is 90.0 Å². The van der Waals surface area contributed by atoms with Gasteiger partial charge in [0.05, 0.1) is 0 Å². The molecule has 0 unspecified atom stereocenters. The van der Waals surface area contributed by atoms with Crippen LogP contribution in [0.1, 0.15) is 94.7 Å². The summed E-state index contributed by atoms with van der Waals surface area (Å²) < 4.78 is 16.9. The molecule has 0 aromatic heterocycles. The molecule has 0 atom stereocenters. The topological polar surface area (TPSA) is 30.9 Å². The van der Waals surface area contributed by atoms with Gasteiger partial charge in [-0.15, -0.1) is 0 Å². The Balaban J connectivity index is 1.23. The van der Waals surface area contributed by atoms with Crippen LogP contribution < -0.4 is 5.53 Å². The van der Waals surface area contributed by atoms with Crippen molar-refractivity contribution in [1.29, 1.82) is 0 Å². The van der Waals surface area contributed by atoms with Crippen LogP contribution in [-0.4, -0.2) is 47.3 Å². The molecule has 0 radical (unpaired) electrons. The molecule has 0 spiro atoms. The first-order valence-electron chi connectivity index (χ1n) is 16.2. The monoisotopic (exact) mass is 552 g/mol. The smallest absolute Gasteiger partial charge is 0.159 e. The minimum Gasteiger partial charge on any atom is -0.298 e. The molecular formula is C36H45FN4. The van der Waals surface area contributed by atoms with Gasteiger partial charge >= 0.3 is 0 Å². The molecule has 4 nitrogen and oxygen atoms in total. The molecule has 0 amide bonds. The Morgan fingerprint density at radius 2 is 1.95 bits per heavy atom. The van der Waals surface area contributed by atoms with Crippen molar-refractivity contribution in [1.82, 2.24) is 15.4 Å². The Morgan fingerprint density at radius 1 is 1.12 bits per heavy atom. The maximum Gasteiger partial charge on any atom is 0.159 e. The molecule has 1 N–H and O–H groups in total. The number of fused-ring (bicyclic) bond motifs is 4. The fraction of sp³-hybridized carbons (Fsp3) is 0.528. The lowest BCUT2D eigenvalue weighted by atomic mass is 9.84. The molecule has 2 aromatic rings. The average Bonchev–Trinajstić information content (AvgIpc) is 3.48. The van der Waals surface area contributed by atoms with E-state index in [-0.39, 0.29) is 5.83 Å². The largest absolute Gasteiger partial charge is 0.298 e. The highest BCUT2D eigenvalue weighted by Gasteiger charge is 2.43. The molecule has 3 fully saturated rings. The van der Waals surface area contributed by atoms with E-state index in [0.29, 0.717) is 16.8 Å². The van der Waals surface area contributed by atoms with Crippen LogP contribution in [0.15, 0.2) is 64.6 Å². The Hall–Kier alpha value is -2.76. The van der Waals surface area contributed by atoms with E-state index in [0.717, 1.165) is 61.4 Å². The number of rotatable bonds is 10. The van der Waals surface area contributed by atoms with E-state index in [1.165, 1.54) is 79.9 Å². The number of nitrogens with zero attached hydrogens (tertiary/aromatic N) is 3. The second-order valence-electron chi connectivity index (χ2n) is 13.2. The summed E-state index contributed by atoms with van der Waals surface area (Å²) in [5.41, 5.74) is 10.5. The third-order valence-electron chi connectivity index (χ3n) is 10.5. The third-order valence-corrected chi connectivity index (χ3v) is 10.5. The van der Waals surface area contributed by atoms with Crippen LogP contribution >= 0.6 is 0 Å². The maximum absolute atomic E-state index is 16.9. The number of hydrogen-bond acceptors (Lipinski definition) is 4. The van der Waals surface area contributed by atoms with Gasteiger partial charge in [-0.3, -0.25) is 4.90 Å². The summed E-state index contributed by atoms with van der Waals surface area (Å²) in [5, 5.41) is 9.46. The number of hydrazine groups is 1. The van der Waals surface area contributed by atoms with E-state index < -0.39 is 0 Å². The van der Waals surface area contributed by atoms with Gasteiger partial charge in [-0.2, -0.15) is 5.10 Å². The molecule has 2 saturated heterocycles. The fourth-order valence-corrected chi connectivity index (χ4v) is 8.08. The van der Waals surface area contributed by atoms with Crippen LogP contribution in [0.2, 0.25) is 0 Å². The number of halogens is 1. The molecule has 2 aliphatic heterocycles. The minimum atomic E-state index is -0.198. The van der Waals surface area contributed by atoms with E-state index in [2.05, 4.69) is 71.8 Å². The Bertz CT molecular complexity index is 1450. The molecule has 41 heavy (non-hydrogen) atoms. The molecule has 3 aliphatic carbocycles. The van der Waals surface area contributed by atoms with Gasteiger partial charge in [0, 0.05) is 29.8 Å². The molecule has 216 valence electrons. The predicted octanol–water partition coefficient (Wildman–Crippen LogP) is 8.09. The number of hydrazone groups is 1. The van der Waals surface area contributed by atoms with Crippen LogP contribution in [0.5, 0.6) is 0 Å². The quantitative estimate of drug-likeness (QED) is 0.258. The summed E-state index contributed by atoms with van der Waals surface area (Å²) in [7, 11) is 0. The minimum absolute atomic E-state index is 0.198. The highest BCUT2D eigenvalue weighted by Crippen LogP contribution is 2.45. The second kappa shape index (κ2) is 11.1. The van der Waals surface area contributed by atoms with Gasteiger partial charge in [0.25, 0.3) is 0 Å². The number of benzene rings is 2. The highest BCUT2D eigenvalue weighted by molar-refractivity contribution is 6.21. The zero-order chi connectivity index (χ0) is 28.0. The predicted molar refractivity (Wildman–Crippen MR) is 168 cm³/mol. The van der Waals surface area contributed by atoms with Crippen LogP contribution in [0.25, 0.3) is 16.3 Å². The first-order valence-corrected chi connectivity index (χ1v) is 16.2. The van der Waals surface area contributed by atoms with Gasteiger partial charge in [0.15, 0.2) is 5.83 Å². The second-order valence-corrected chi connectivity index (χ2v) is 13.2. The number of allylic oxidation sites excluding steroid dienone is 6. The molecule has 1 saturated carbocycles.